The average molecular weight is 382 g/mol. The maximum absolute atomic E-state index is 4.61. The maximum Gasteiger partial charge on any atom is 0.128 e. The summed E-state index contributed by atoms with van der Waals surface area (Å²) in [6.45, 7) is 9.83. The summed E-state index contributed by atoms with van der Waals surface area (Å²) in [5, 5.41) is 0. The second-order valence-electron chi connectivity index (χ2n) is 6.60. The number of piperazine rings is 1. The Bertz CT molecular complexity index is 755. The van der Waals surface area contributed by atoms with E-state index in [1.165, 1.54) is 10.5 Å². The Morgan fingerprint density at radius 3 is 2.59 bits per heavy atom. The van der Waals surface area contributed by atoms with Crippen LogP contribution in [0.1, 0.15) is 13.3 Å². The van der Waals surface area contributed by atoms with Crippen LogP contribution in [0, 0.1) is 0 Å². The van der Waals surface area contributed by atoms with Gasteiger partial charge in [-0.1, -0.05) is 12.2 Å². The molecule has 0 N–H and O–H groups in total. The van der Waals surface area contributed by atoms with E-state index < -0.39 is 0 Å². The van der Waals surface area contributed by atoms with Gasteiger partial charge in [0, 0.05) is 67.8 Å². The molecular weight excluding hydrogens is 354 g/mol. The highest BCUT2D eigenvalue weighted by molar-refractivity contribution is 7.98. The van der Waals surface area contributed by atoms with Crippen molar-refractivity contribution in [1.29, 1.82) is 0 Å². The van der Waals surface area contributed by atoms with E-state index in [9.17, 15) is 0 Å². The lowest BCUT2D eigenvalue weighted by Gasteiger charge is -2.39. The highest BCUT2D eigenvalue weighted by Gasteiger charge is 2.23. The van der Waals surface area contributed by atoms with Gasteiger partial charge in [-0.15, -0.1) is 11.8 Å². The van der Waals surface area contributed by atoms with Crippen molar-refractivity contribution in [2.75, 3.05) is 37.3 Å². The molecule has 1 aromatic rings. The van der Waals surface area contributed by atoms with Crippen molar-refractivity contribution < 1.29 is 0 Å². The summed E-state index contributed by atoms with van der Waals surface area (Å²) in [7, 11) is 0. The van der Waals surface area contributed by atoms with Crippen LogP contribution in [0.4, 0.5) is 5.82 Å². The number of nitrogens with zero attached hydrogens (tertiary/aromatic N) is 5. The minimum absolute atomic E-state index is 0.419. The molecule has 1 atom stereocenters. The van der Waals surface area contributed by atoms with Crippen LogP contribution in [0.2, 0.25) is 0 Å². The molecule has 0 amide bonds. The molecule has 0 radical (unpaired) electrons. The van der Waals surface area contributed by atoms with Crippen LogP contribution < -0.4 is 4.90 Å². The smallest absolute Gasteiger partial charge is 0.128 e. The maximum atomic E-state index is 4.61. The van der Waals surface area contributed by atoms with Crippen molar-refractivity contribution in [1.82, 2.24) is 9.88 Å². The zero-order valence-electron chi connectivity index (χ0n) is 16.1. The van der Waals surface area contributed by atoms with Crippen molar-refractivity contribution in [2.45, 2.75) is 24.3 Å². The molecule has 6 heteroatoms. The molecule has 0 aromatic carbocycles. The van der Waals surface area contributed by atoms with E-state index in [1.807, 2.05) is 6.20 Å². The Labute approximate surface area is 166 Å². The van der Waals surface area contributed by atoms with Crippen LogP contribution in [-0.4, -0.2) is 60.8 Å². The molecule has 5 nitrogen and oxygen atoms in total. The zero-order valence-corrected chi connectivity index (χ0v) is 16.9. The molecule has 1 saturated heterocycles. The van der Waals surface area contributed by atoms with Crippen LogP contribution in [0.5, 0.6) is 0 Å². The summed E-state index contributed by atoms with van der Waals surface area (Å²) in [5.41, 5.74) is 2.42. The van der Waals surface area contributed by atoms with E-state index in [-0.39, 0.29) is 0 Å². The van der Waals surface area contributed by atoms with Gasteiger partial charge in [-0.25, -0.2) is 4.98 Å². The van der Waals surface area contributed by atoms with Crippen molar-refractivity contribution in [2.24, 2.45) is 9.98 Å². The van der Waals surface area contributed by atoms with Crippen LogP contribution in [-0.2, 0) is 0 Å². The van der Waals surface area contributed by atoms with Crippen molar-refractivity contribution >= 4 is 30.0 Å². The van der Waals surface area contributed by atoms with Gasteiger partial charge in [0.2, 0.25) is 0 Å². The lowest BCUT2D eigenvalue weighted by Crippen LogP contribution is -2.50. The van der Waals surface area contributed by atoms with E-state index in [2.05, 4.69) is 75.0 Å². The number of pyridine rings is 1. The fraction of sp³-hybridized carbons (Fsp3) is 0.381. The number of aromatic nitrogens is 1. The second kappa shape index (κ2) is 9.67. The molecule has 1 aliphatic heterocycles. The Kier molecular flexibility index (Phi) is 7.01. The van der Waals surface area contributed by atoms with Crippen LogP contribution in [0.15, 0.2) is 69.4 Å². The quantitative estimate of drug-likeness (QED) is 0.555. The molecule has 0 bridgehead atoms. The predicted molar refractivity (Wildman–Crippen MR) is 117 cm³/mol. The average Bonchev–Trinajstić information content (AvgIpc) is 2.74. The highest BCUT2D eigenvalue weighted by atomic mass is 32.2. The van der Waals surface area contributed by atoms with Gasteiger partial charge in [0.15, 0.2) is 0 Å². The number of aliphatic imine (C=N–C) groups is 2. The standard InChI is InChI=1S/C21H27N5S/c1-17(18-4-6-19(7-5-18)23-11-10-22-2)25-12-14-26(15-13-25)21-9-8-20(27-3)16-24-21/h4-6,8-11,16-17H,2,7,12-15H2,1,3H3/b11-10-,23-19?. The Morgan fingerprint density at radius 1 is 1.19 bits per heavy atom. The summed E-state index contributed by atoms with van der Waals surface area (Å²) in [6.07, 6.45) is 14.8. The first kappa shape index (κ1) is 19.6. The third-order valence-corrected chi connectivity index (χ3v) is 5.77. The summed E-state index contributed by atoms with van der Waals surface area (Å²) < 4.78 is 0. The molecule has 0 spiro atoms. The zero-order chi connectivity index (χ0) is 19.1. The minimum Gasteiger partial charge on any atom is -0.354 e. The molecule has 1 unspecified atom stereocenters. The number of hydrogen-bond acceptors (Lipinski definition) is 6. The number of hydrogen-bond donors (Lipinski definition) is 0. The van der Waals surface area contributed by atoms with Crippen LogP contribution in [0.25, 0.3) is 0 Å². The third kappa shape index (κ3) is 5.17. The predicted octanol–water partition coefficient (Wildman–Crippen LogP) is 3.81. The van der Waals surface area contributed by atoms with Gasteiger partial charge in [0.1, 0.15) is 5.82 Å². The minimum atomic E-state index is 0.419. The van der Waals surface area contributed by atoms with E-state index in [0.717, 1.165) is 44.1 Å². The van der Waals surface area contributed by atoms with Gasteiger partial charge in [0.25, 0.3) is 0 Å². The third-order valence-electron chi connectivity index (χ3n) is 5.05. The first-order valence-electron chi connectivity index (χ1n) is 9.26. The van der Waals surface area contributed by atoms with E-state index in [0.29, 0.717) is 6.04 Å². The molecule has 2 aliphatic rings. The number of anilines is 1. The SMILES string of the molecule is C=N/C=C\N=C1C=CC(C(C)N2CCN(c3ccc(SC)cn3)CC2)=CC1. The van der Waals surface area contributed by atoms with Crippen LogP contribution in [0.3, 0.4) is 0 Å². The lowest BCUT2D eigenvalue weighted by molar-refractivity contribution is 0.221. The summed E-state index contributed by atoms with van der Waals surface area (Å²) in [6, 6.07) is 4.70. The molecule has 0 saturated carbocycles. The van der Waals surface area contributed by atoms with Crippen LogP contribution >= 0.6 is 11.8 Å². The van der Waals surface area contributed by atoms with Gasteiger partial charge >= 0.3 is 0 Å². The highest BCUT2D eigenvalue weighted by Crippen LogP contribution is 2.22. The summed E-state index contributed by atoms with van der Waals surface area (Å²) in [5.74, 6) is 1.08. The van der Waals surface area contributed by atoms with Gasteiger partial charge in [0.05, 0.1) is 0 Å². The van der Waals surface area contributed by atoms with Crippen molar-refractivity contribution in [3.05, 3.63) is 54.5 Å². The molecule has 3 rings (SSSR count). The molecule has 142 valence electrons. The molecule has 1 fully saturated rings. The van der Waals surface area contributed by atoms with Gasteiger partial charge < -0.3 is 4.90 Å². The fourth-order valence-electron chi connectivity index (χ4n) is 3.36. The van der Waals surface area contributed by atoms with Gasteiger partial charge in [-0.2, -0.15) is 0 Å². The lowest BCUT2D eigenvalue weighted by atomic mass is 9.98. The molecule has 2 heterocycles. The topological polar surface area (TPSA) is 44.1 Å². The number of thioether (sulfide) groups is 1. The normalized spacial score (nSPS) is 20.9. The molecule has 27 heavy (non-hydrogen) atoms. The Morgan fingerprint density at radius 2 is 2.00 bits per heavy atom. The largest absolute Gasteiger partial charge is 0.354 e. The van der Waals surface area contributed by atoms with Gasteiger partial charge in [-0.3, -0.25) is 14.9 Å². The second-order valence-corrected chi connectivity index (χ2v) is 7.48. The first-order chi connectivity index (χ1) is 13.2. The van der Waals surface area contributed by atoms with E-state index in [4.69, 9.17) is 0 Å². The summed E-state index contributed by atoms with van der Waals surface area (Å²) >= 11 is 1.73. The first-order valence-corrected chi connectivity index (χ1v) is 10.5. The monoisotopic (exact) mass is 381 g/mol. The van der Waals surface area contributed by atoms with Gasteiger partial charge in [-0.05, 0) is 43.7 Å². The fourth-order valence-corrected chi connectivity index (χ4v) is 3.72. The summed E-state index contributed by atoms with van der Waals surface area (Å²) in [4.78, 5) is 18.8. The molecule has 1 aromatic heterocycles. The molecule has 1 aliphatic carbocycles. The number of allylic oxidation sites excluding steroid dienone is 2. The number of rotatable bonds is 6. The Hall–Kier alpha value is -2.18. The van der Waals surface area contributed by atoms with E-state index >= 15 is 0 Å². The molecular formula is C21H27N5S. The van der Waals surface area contributed by atoms with Crippen molar-refractivity contribution in [3.63, 3.8) is 0 Å². The van der Waals surface area contributed by atoms with Crippen molar-refractivity contribution in [3.8, 4) is 0 Å². The van der Waals surface area contributed by atoms with E-state index in [1.54, 1.807) is 24.2 Å². The Balaban J connectivity index is 1.53.